The molecule has 4 rings (SSSR count). The van der Waals surface area contributed by atoms with Gasteiger partial charge < -0.3 is 14.9 Å². The fourth-order valence-electron chi connectivity index (χ4n) is 7.38. The third-order valence-corrected chi connectivity index (χ3v) is 8.51. The van der Waals surface area contributed by atoms with E-state index in [4.69, 9.17) is 4.74 Å². The Kier molecular flexibility index (Phi) is 4.86. The zero-order valence-corrected chi connectivity index (χ0v) is 17.6. The van der Waals surface area contributed by atoms with E-state index in [1.165, 1.54) is 19.1 Å². The van der Waals surface area contributed by atoms with Crippen LogP contribution in [-0.2, 0) is 19.1 Å². The van der Waals surface area contributed by atoms with E-state index >= 15 is 4.39 Å². The second-order valence-electron chi connectivity index (χ2n) is 9.85. The average molecular weight is 420 g/mol. The molecule has 30 heavy (non-hydrogen) atoms. The number of fused-ring (bicyclic) bond motifs is 5. The van der Waals surface area contributed by atoms with Crippen LogP contribution >= 0.6 is 0 Å². The highest BCUT2D eigenvalue weighted by molar-refractivity contribution is 6.01. The second-order valence-corrected chi connectivity index (χ2v) is 9.85. The molecule has 8 atom stereocenters. The number of hydrogen-bond acceptors (Lipinski definition) is 6. The first-order chi connectivity index (χ1) is 14.0. The molecule has 0 bridgehead atoms. The van der Waals surface area contributed by atoms with Gasteiger partial charge in [0.2, 0.25) is 5.78 Å². The van der Waals surface area contributed by atoms with E-state index in [9.17, 15) is 24.6 Å². The number of allylic oxidation sites excluding steroid dienone is 4. The Morgan fingerprint density at radius 2 is 2.03 bits per heavy atom. The maximum Gasteiger partial charge on any atom is 0.303 e. The summed E-state index contributed by atoms with van der Waals surface area (Å²) < 4.78 is 20.9. The molecular weight excluding hydrogens is 391 g/mol. The van der Waals surface area contributed by atoms with E-state index < -0.39 is 47.1 Å². The van der Waals surface area contributed by atoms with Crippen molar-refractivity contribution in [2.45, 2.75) is 64.3 Å². The standard InChI is InChI=1S/C23H29FO6/c1-12(26)30-23(19(29)11-25)7-5-15-14-9-17(24)16-8-13(27)4-6-21(16,2)20(14)18(28)10-22(15,23)3/h4,6,8,14-15,17-18,20,25,28H,5,7,9-11H2,1-3H3/t14-,15-,17-,18?,20+,21-,22-,23-/m0/s1. The number of alkyl halides is 1. The van der Waals surface area contributed by atoms with Crippen LogP contribution in [0.5, 0.6) is 0 Å². The van der Waals surface area contributed by atoms with E-state index in [1.54, 1.807) is 6.08 Å². The molecule has 0 radical (unpaired) electrons. The van der Waals surface area contributed by atoms with Crippen LogP contribution in [0.2, 0.25) is 0 Å². The zero-order valence-electron chi connectivity index (χ0n) is 17.6. The summed E-state index contributed by atoms with van der Waals surface area (Å²) in [5.41, 5.74) is -2.81. The fourth-order valence-corrected chi connectivity index (χ4v) is 7.38. The van der Waals surface area contributed by atoms with E-state index in [2.05, 4.69) is 0 Å². The molecule has 164 valence electrons. The summed E-state index contributed by atoms with van der Waals surface area (Å²) in [6, 6.07) is 0. The lowest BCUT2D eigenvalue weighted by Gasteiger charge is -2.60. The minimum atomic E-state index is -1.52. The summed E-state index contributed by atoms with van der Waals surface area (Å²) in [5, 5.41) is 20.9. The highest BCUT2D eigenvalue weighted by Gasteiger charge is 2.70. The number of aliphatic hydroxyl groups excluding tert-OH is 2. The van der Waals surface area contributed by atoms with Crippen molar-refractivity contribution >= 4 is 17.5 Å². The zero-order chi connectivity index (χ0) is 22.1. The van der Waals surface area contributed by atoms with Crippen LogP contribution in [0.3, 0.4) is 0 Å². The number of halogens is 1. The Balaban J connectivity index is 1.80. The van der Waals surface area contributed by atoms with Crippen LogP contribution in [0.4, 0.5) is 4.39 Å². The lowest BCUT2D eigenvalue weighted by atomic mass is 9.46. The van der Waals surface area contributed by atoms with E-state index in [-0.39, 0.29) is 42.8 Å². The maximum absolute atomic E-state index is 15.3. The topological polar surface area (TPSA) is 101 Å². The highest BCUT2D eigenvalue weighted by atomic mass is 19.1. The first-order valence-electron chi connectivity index (χ1n) is 10.6. The van der Waals surface area contributed by atoms with Gasteiger partial charge in [0.25, 0.3) is 0 Å². The number of carbonyl (C=O) groups is 3. The smallest absolute Gasteiger partial charge is 0.303 e. The number of ketones is 2. The largest absolute Gasteiger partial charge is 0.451 e. The molecule has 2 N–H and O–H groups in total. The fraction of sp³-hybridized carbons (Fsp3) is 0.696. The molecule has 0 heterocycles. The Hall–Kier alpha value is -1.86. The molecule has 0 aliphatic heterocycles. The normalized spacial score (nSPS) is 47.1. The SMILES string of the molecule is CC(=O)O[C@]1(C(=O)CO)CC[C@H]2[C@@H]3C[C@H](F)C4=CC(=O)C=C[C@]4(C)[C@H]3C(O)C[C@@]21C. The monoisotopic (exact) mass is 420 g/mol. The van der Waals surface area contributed by atoms with Gasteiger partial charge in [-0.15, -0.1) is 0 Å². The van der Waals surface area contributed by atoms with E-state index in [1.807, 2.05) is 13.8 Å². The van der Waals surface area contributed by atoms with Crippen molar-refractivity contribution in [1.29, 1.82) is 0 Å². The molecule has 0 aromatic rings. The molecule has 4 aliphatic rings. The number of ether oxygens (including phenoxy) is 1. The lowest BCUT2D eigenvalue weighted by molar-refractivity contribution is -0.200. The van der Waals surface area contributed by atoms with Gasteiger partial charge in [-0.25, -0.2) is 4.39 Å². The van der Waals surface area contributed by atoms with Crippen LogP contribution < -0.4 is 0 Å². The van der Waals surface area contributed by atoms with Crippen molar-refractivity contribution < 1.29 is 33.7 Å². The molecule has 1 unspecified atom stereocenters. The van der Waals surface area contributed by atoms with Gasteiger partial charge >= 0.3 is 5.97 Å². The van der Waals surface area contributed by atoms with Gasteiger partial charge in [-0.3, -0.25) is 14.4 Å². The summed E-state index contributed by atoms with van der Waals surface area (Å²) in [6.45, 7) is 4.15. The van der Waals surface area contributed by atoms with Crippen molar-refractivity contribution in [3.63, 3.8) is 0 Å². The Bertz CT molecular complexity index is 864. The highest BCUT2D eigenvalue weighted by Crippen LogP contribution is 2.68. The number of Topliss-reactive ketones (excluding diaryl/α,β-unsaturated/α-hetero) is 1. The minimum Gasteiger partial charge on any atom is -0.451 e. The molecule has 0 aromatic heterocycles. The summed E-state index contributed by atoms with van der Waals surface area (Å²) in [6.07, 6.45) is 3.43. The summed E-state index contributed by atoms with van der Waals surface area (Å²) >= 11 is 0. The van der Waals surface area contributed by atoms with Gasteiger partial charge in [-0.2, -0.15) is 0 Å². The molecule has 3 fully saturated rings. The molecule has 0 spiro atoms. The quantitative estimate of drug-likeness (QED) is 0.678. The molecule has 3 saturated carbocycles. The number of carbonyl (C=O) groups excluding carboxylic acids is 3. The Morgan fingerprint density at radius 1 is 1.33 bits per heavy atom. The first-order valence-corrected chi connectivity index (χ1v) is 10.6. The molecule has 6 nitrogen and oxygen atoms in total. The first kappa shape index (κ1) is 21.4. The van der Waals surface area contributed by atoms with Crippen LogP contribution in [-0.4, -0.2) is 52.2 Å². The molecule has 0 amide bonds. The number of hydrogen-bond donors (Lipinski definition) is 2. The number of esters is 1. The third-order valence-electron chi connectivity index (χ3n) is 8.51. The summed E-state index contributed by atoms with van der Waals surface area (Å²) in [5.74, 6) is -2.16. The van der Waals surface area contributed by atoms with E-state index in [0.29, 0.717) is 12.0 Å². The summed E-state index contributed by atoms with van der Waals surface area (Å²) in [7, 11) is 0. The maximum atomic E-state index is 15.3. The number of aliphatic hydroxyl groups is 2. The van der Waals surface area contributed by atoms with Crippen LogP contribution in [0, 0.1) is 28.6 Å². The van der Waals surface area contributed by atoms with Gasteiger partial charge in [0.1, 0.15) is 12.8 Å². The van der Waals surface area contributed by atoms with Crippen molar-refractivity contribution in [2.75, 3.05) is 6.61 Å². The van der Waals surface area contributed by atoms with E-state index in [0.717, 1.165) is 0 Å². The lowest BCUT2D eigenvalue weighted by Crippen LogP contribution is -2.63. The molecule has 0 aromatic carbocycles. The van der Waals surface area contributed by atoms with Gasteiger partial charge in [0, 0.05) is 23.7 Å². The second kappa shape index (κ2) is 6.82. The third kappa shape index (κ3) is 2.64. The van der Waals surface area contributed by atoms with Gasteiger partial charge in [-0.05, 0) is 55.2 Å². The van der Waals surface area contributed by atoms with Crippen molar-refractivity contribution in [2.24, 2.45) is 28.6 Å². The summed E-state index contributed by atoms with van der Waals surface area (Å²) in [4.78, 5) is 36.6. The van der Waals surface area contributed by atoms with Gasteiger partial charge in [0.15, 0.2) is 11.4 Å². The van der Waals surface area contributed by atoms with Crippen molar-refractivity contribution in [3.05, 3.63) is 23.8 Å². The number of rotatable bonds is 3. The van der Waals surface area contributed by atoms with Gasteiger partial charge in [-0.1, -0.05) is 19.9 Å². The van der Waals surface area contributed by atoms with Crippen LogP contribution in [0.1, 0.15) is 46.5 Å². The Morgan fingerprint density at radius 3 is 2.67 bits per heavy atom. The predicted octanol–water partition coefficient (Wildman–Crippen LogP) is 2.08. The molecular formula is C23H29FO6. The van der Waals surface area contributed by atoms with Gasteiger partial charge in [0.05, 0.1) is 6.10 Å². The molecule has 4 aliphatic carbocycles. The van der Waals surface area contributed by atoms with Crippen LogP contribution in [0.15, 0.2) is 23.8 Å². The predicted molar refractivity (Wildman–Crippen MR) is 105 cm³/mol. The van der Waals surface area contributed by atoms with Crippen molar-refractivity contribution in [1.82, 2.24) is 0 Å². The molecule has 7 heteroatoms. The molecule has 0 saturated heterocycles. The average Bonchev–Trinajstić information content (AvgIpc) is 2.94. The minimum absolute atomic E-state index is 0.147. The van der Waals surface area contributed by atoms with Crippen molar-refractivity contribution in [3.8, 4) is 0 Å². The van der Waals surface area contributed by atoms with Crippen LogP contribution in [0.25, 0.3) is 0 Å². The Labute approximate surface area is 175 Å².